The fourth-order valence-corrected chi connectivity index (χ4v) is 0. The third-order valence-corrected chi connectivity index (χ3v) is 0. The predicted octanol–water partition coefficient (Wildman–Crippen LogP) is -8.54. The van der Waals surface area contributed by atoms with Crippen LogP contribution in [0.15, 0.2) is 0 Å². The Morgan fingerprint density at radius 2 is 0.214 bits per heavy atom. The van der Waals surface area contributed by atoms with Crippen molar-refractivity contribution in [2.45, 2.75) is 0 Å². The van der Waals surface area contributed by atoms with E-state index in [2.05, 4.69) is 0 Å². The predicted molar refractivity (Wildman–Crippen MR) is 46.1 cm³/mol. The molecule has 0 spiro atoms. The van der Waals surface area contributed by atoms with E-state index >= 15 is 0 Å². The van der Waals surface area contributed by atoms with E-state index in [0.29, 0.717) is 0 Å². The Morgan fingerprint density at radius 1 is 0.214 bits per heavy atom. The van der Waals surface area contributed by atoms with E-state index in [9.17, 15) is 0 Å². The van der Waals surface area contributed by atoms with Crippen LogP contribution in [-0.4, -0.2) is 84.0 Å². The maximum atomic E-state index is 0. The molecule has 0 aromatic rings. The molecular weight excluding hydrogens is 246 g/mol. The summed E-state index contributed by atoms with van der Waals surface area (Å²) in [5.74, 6) is 0. The van der Waals surface area contributed by atoms with Crippen LogP contribution in [0.2, 0.25) is 0 Å². The largest absolute Gasteiger partial charge is 3.00 e. The smallest absolute Gasteiger partial charge is 2.00 e. The van der Waals surface area contributed by atoms with Crippen LogP contribution in [0, 0.1) is 0 Å². The van der Waals surface area contributed by atoms with Gasteiger partial charge in [-0.1, -0.05) is 0 Å². The van der Waals surface area contributed by atoms with Gasteiger partial charge in [0.2, 0.25) is 0 Å². The standard InChI is InChI=1S/2Al.9H2O.3O/h;;9*1H2;;;/q2*+3;;;;;;;;;;3*-2. The van der Waals surface area contributed by atoms with Crippen molar-refractivity contribution >= 4 is 34.7 Å². The summed E-state index contributed by atoms with van der Waals surface area (Å²) in [7, 11) is 0. The molecule has 96 valence electrons. The van der Waals surface area contributed by atoms with Gasteiger partial charge in [0, 0.05) is 0 Å². The Labute approximate surface area is 101 Å². The minimum Gasteiger partial charge on any atom is -2.00 e. The summed E-state index contributed by atoms with van der Waals surface area (Å²) >= 11 is 0. The number of hydrogen-bond acceptors (Lipinski definition) is 0. The van der Waals surface area contributed by atoms with Crippen LogP contribution in [0.4, 0.5) is 0 Å². The van der Waals surface area contributed by atoms with Crippen LogP contribution in [-0.2, 0) is 16.4 Å². The van der Waals surface area contributed by atoms with Gasteiger partial charge >= 0.3 is 34.7 Å². The molecule has 0 heterocycles. The van der Waals surface area contributed by atoms with Crippen LogP contribution in [0.25, 0.3) is 0 Å². The summed E-state index contributed by atoms with van der Waals surface area (Å²) in [6.45, 7) is 0. The van der Waals surface area contributed by atoms with E-state index in [1.165, 1.54) is 0 Å². The summed E-state index contributed by atoms with van der Waals surface area (Å²) in [4.78, 5) is 0. The van der Waals surface area contributed by atoms with Crippen molar-refractivity contribution in [3.63, 3.8) is 0 Å². The first kappa shape index (κ1) is 7870. The molecule has 0 amide bonds. The topological polar surface area (TPSA) is 369 Å². The quantitative estimate of drug-likeness (QED) is 0.367. The molecule has 0 unspecified atom stereocenters. The Kier molecular flexibility index (Phi) is 3530000. The van der Waals surface area contributed by atoms with Crippen LogP contribution >= 0.6 is 0 Å². The first-order chi connectivity index (χ1) is 0. The molecule has 0 saturated carbocycles. The summed E-state index contributed by atoms with van der Waals surface area (Å²) in [6.07, 6.45) is 0. The van der Waals surface area contributed by atoms with E-state index in [4.69, 9.17) is 0 Å². The summed E-state index contributed by atoms with van der Waals surface area (Å²) in [5, 5.41) is 0. The first-order valence-electron chi connectivity index (χ1n) is 0. The van der Waals surface area contributed by atoms with E-state index in [-0.39, 0.29) is 100 Å². The van der Waals surface area contributed by atoms with E-state index in [1.807, 2.05) is 0 Å². The van der Waals surface area contributed by atoms with Gasteiger partial charge in [0.05, 0.1) is 0 Å². The van der Waals surface area contributed by atoms with Crippen molar-refractivity contribution in [1.29, 1.82) is 0 Å². The minimum absolute atomic E-state index is 0. The molecule has 0 saturated heterocycles. The fraction of sp³-hybridized carbons (Fsp3) is 0. The molecule has 0 aromatic heterocycles. The van der Waals surface area contributed by atoms with Crippen LogP contribution in [0.5, 0.6) is 0 Å². The van der Waals surface area contributed by atoms with Gasteiger partial charge in [-0.05, 0) is 0 Å². The van der Waals surface area contributed by atoms with Crippen LogP contribution in [0.3, 0.4) is 0 Å². The Hall–Kier alpha value is 0.585. The molecule has 14 heavy (non-hydrogen) atoms. The second-order valence-corrected chi connectivity index (χ2v) is 0. The summed E-state index contributed by atoms with van der Waals surface area (Å²) in [6, 6.07) is 0. The minimum atomic E-state index is 0. The fourth-order valence-electron chi connectivity index (χ4n) is 0. The molecule has 0 atom stereocenters. The number of hydrogen-bond donors (Lipinski definition) is 0. The molecule has 18 N–H and O–H groups in total. The van der Waals surface area contributed by atoms with Gasteiger partial charge < -0.3 is 65.7 Å². The SMILES string of the molecule is O.O.O.O.O.O.O.O.O.[Al+3].[Al+3].[O-2].[O-2].[O-2]. The second kappa shape index (κ2) is 6290. The van der Waals surface area contributed by atoms with Crippen molar-refractivity contribution in [2.24, 2.45) is 0 Å². The van der Waals surface area contributed by atoms with Gasteiger partial charge in [0.1, 0.15) is 0 Å². The molecular formula is H18Al2O12. The molecule has 0 radical (unpaired) electrons. The maximum Gasteiger partial charge on any atom is 3.00 e. The van der Waals surface area contributed by atoms with Gasteiger partial charge in [0.25, 0.3) is 0 Å². The zero-order chi connectivity index (χ0) is 0. The average molecular weight is 264 g/mol. The van der Waals surface area contributed by atoms with Gasteiger partial charge in [-0.3, -0.25) is 0 Å². The Morgan fingerprint density at radius 3 is 0.214 bits per heavy atom. The monoisotopic (exact) mass is 264 g/mol. The molecule has 0 aromatic carbocycles. The summed E-state index contributed by atoms with van der Waals surface area (Å²) < 4.78 is 0. The van der Waals surface area contributed by atoms with Crippen LogP contribution in [0.1, 0.15) is 0 Å². The zero-order valence-corrected chi connectivity index (χ0v) is 9.19. The average Bonchev–Trinajstić information content (AvgIpc) is 0. The van der Waals surface area contributed by atoms with E-state index < -0.39 is 0 Å². The third kappa shape index (κ3) is 4940. The van der Waals surface area contributed by atoms with Crippen molar-refractivity contribution in [2.75, 3.05) is 0 Å². The molecule has 12 nitrogen and oxygen atoms in total. The zero-order valence-electron chi connectivity index (χ0n) is 6.88. The van der Waals surface area contributed by atoms with Gasteiger partial charge in [-0.25, -0.2) is 0 Å². The normalized spacial score (nSPS) is 0. The molecule has 0 bridgehead atoms. The van der Waals surface area contributed by atoms with E-state index in [1.54, 1.807) is 0 Å². The molecule has 0 aliphatic carbocycles. The summed E-state index contributed by atoms with van der Waals surface area (Å²) in [5.41, 5.74) is 0. The van der Waals surface area contributed by atoms with Crippen molar-refractivity contribution < 1.29 is 65.7 Å². The van der Waals surface area contributed by atoms with Crippen molar-refractivity contribution in [3.05, 3.63) is 0 Å². The van der Waals surface area contributed by atoms with E-state index in [0.717, 1.165) is 0 Å². The third-order valence-electron chi connectivity index (χ3n) is 0. The molecule has 0 aliphatic heterocycles. The Balaban J connectivity index is 0. The second-order valence-electron chi connectivity index (χ2n) is 0. The Bertz CT molecular complexity index is 8.28. The molecule has 14 heteroatoms. The molecule has 0 rings (SSSR count). The molecule has 0 aliphatic rings. The van der Waals surface area contributed by atoms with Crippen molar-refractivity contribution in [1.82, 2.24) is 0 Å². The molecule has 0 fully saturated rings. The van der Waals surface area contributed by atoms with Gasteiger partial charge in [-0.15, -0.1) is 0 Å². The first-order valence-corrected chi connectivity index (χ1v) is 0. The maximum absolute atomic E-state index is 0. The number of rotatable bonds is 0. The van der Waals surface area contributed by atoms with Crippen LogP contribution < -0.4 is 0 Å². The van der Waals surface area contributed by atoms with Crippen molar-refractivity contribution in [3.8, 4) is 0 Å². The van der Waals surface area contributed by atoms with Gasteiger partial charge in [-0.2, -0.15) is 0 Å². The van der Waals surface area contributed by atoms with Gasteiger partial charge in [0.15, 0.2) is 0 Å².